The number of hydrogen-bond acceptors (Lipinski definition) is 4. The van der Waals surface area contributed by atoms with Crippen LogP contribution in [0.15, 0.2) is 9.59 Å². The largest absolute Gasteiger partial charge is 0.369 e. The molecule has 92 valence electrons. The second-order valence-corrected chi connectivity index (χ2v) is 4.46. The number of nitrogens with one attached hydrogen (secondary N) is 1. The molecule has 2 rings (SSSR count). The van der Waals surface area contributed by atoms with Crippen molar-refractivity contribution in [2.24, 2.45) is 13.0 Å². The zero-order valence-corrected chi connectivity index (χ0v) is 10.0. The molecule has 0 unspecified atom stereocenters. The molecule has 0 atom stereocenters. The van der Waals surface area contributed by atoms with Crippen molar-refractivity contribution in [1.82, 2.24) is 19.1 Å². The van der Waals surface area contributed by atoms with Crippen molar-refractivity contribution in [3.05, 3.63) is 20.8 Å². The first-order valence-corrected chi connectivity index (χ1v) is 5.36. The Labute approximate surface area is 96.9 Å². The van der Waals surface area contributed by atoms with Crippen molar-refractivity contribution in [1.29, 1.82) is 0 Å². The van der Waals surface area contributed by atoms with E-state index in [1.807, 2.05) is 13.8 Å². The van der Waals surface area contributed by atoms with E-state index in [1.54, 1.807) is 11.6 Å². The van der Waals surface area contributed by atoms with Gasteiger partial charge in [0.25, 0.3) is 5.56 Å². The zero-order valence-electron chi connectivity index (χ0n) is 10.0. The minimum atomic E-state index is -0.489. The summed E-state index contributed by atoms with van der Waals surface area (Å²) in [6, 6.07) is 0. The van der Waals surface area contributed by atoms with Crippen molar-refractivity contribution >= 4 is 17.1 Å². The molecule has 0 aliphatic carbocycles. The predicted octanol–water partition coefficient (Wildman–Crippen LogP) is -0.339. The second-order valence-electron chi connectivity index (χ2n) is 4.46. The summed E-state index contributed by atoms with van der Waals surface area (Å²) in [4.78, 5) is 29.5. The van der Waals surface area contributed by atoms with E-state index < -0.39 is 11.2 Å². The third-order valence-corrected chi connectivity index (χ3v) is 2.58. The summed E-state index contributed by atoms with van der Waals surface area (Å²) in [5, 5.41) is 0. The van der Waals surface area contributed by atoms with Gasteiger partial charge in [0.15, 0.2) is 11.2 Å². The highest BCUT2D eigenvalue weighted by Crippen LogP contribution is 2.14. The highest BCUT2D eigenvalue weighted by Gasteiger charge is 2.15. The lowest BCUT2D eigenvalue weighted by atomic mass is 10.2. The molecule has 0 amide bonds. The van der Waals surface area contributed by atoms with Gasteiger partial charge in [0.2, 0.25) is 5.95 Å². The molecule has 7 heteroatoms. The smallest absolute Gasteiger partial charge is 0.329 e. The van der Waals surface area contributed by atoms with Gasteiger partial charge in [-0.1, -0.05) is 13.8 Å². The molecule has 0 bridgehead atoms. The number of hydrogen-bond donors (Lipinski definition) is 2. The molecule has 0 saturated heterocycles. The summed E-state index contributed by atoms with van der Waals surface area (Å²) < 4.78 is 2.92. The van der Waals surface area contributed by atoms with E-state index in [0.717, 1.165) is 0 Å². The van der Waals surface area contributed by atoms with Crippen LogP contribution in [-0.4, -0.2) is 19.1 Å². The number of nitrogens with two attached hydrogens (primary N) is 1. The first-order valence-electron chi connectivity index (χ1n) is 5.36. The third kappa shape index (κ3) is 1.73. The fourth-order valence-electron chi connectivity index (χ4n) is 1.80. The average molecular weight is 237 g/mol. The fraction of sp³-hybridized carbons (Fsp3) is 0.500. The SMILES string of the molecule is CC(C)Cn1c(N)nc2c1c(=O)[nH]c(=O)n2C. The fourth-order valence-corrected chi connectivity index (χ4v) is 1.80. The lowest BCUT2D eigenvalue weighted by molar-refractivity contribution is 0.536. The number of imidazole rings is 1. The van der Waals surface area contributed by atoms with Crippen LogP contribution in [0, 0.1) is 5.92 Å². The molecule has 0 saturated carbocycles. The summed E-state index contributed by atoms with van der Waals surface area (Å²) in [6.07, 6.45) is 0. The van der Waals surface area contributed by atoms with Gasteiger partial charge in [-0.15, -0.1) is 0 Å². The zero-order chi connectivity index (χ0) is 12.7. The number of H-pyrrole nitrogens is 1. The number of nitrogens with zero attached hydrogens (tertiary/aromatic N) is 3. The summed E-state index contributed by atoms with van der Waals surface area (Å²) in [5.74, 6) is 0.576. The van der Waals surface area contributed by atoms with Gasteiger partial charge in [-0.25, -0.2) is 4.79 Å². The van der Waals surface area contributed by atoms with Gasteiger partial charge in [-0.3, -0.25) is 14.3 Å². The molecule has 0 fully saturated rings. The van der Waals surface area contributed by atoms with Gasteiger partial charge in [-0.05, 0) is 5.92 Å². The second kappa shape index (κ2) is 3.76. The lowest BCUT2D eigenvalue weighted by Crippen LogP contribution is -2.29. The van der Waals surface area contributed by atoms with E-state index >= 15 is 0 Å². The van der Waals surface area contributed by atoms with Gasteiger partial charge >= 0.3 is 5.69 Å². The molecule has 0 aliphatic rings. The Morgan fingerprint density at radius 2 is 2.06 bits per heavy atom. The minimum absolute atomic E-state index is 0.250. The Bertz CT molecular complexity index is 676. The normalized spacial score (nSPS) is 11.5. The number of nitrogen functional groups attached to an aromatic ring is 1. The van der Waals surface area contributed by atoms with Crippen LogP contribution in [-0.2, 0) is 13.6 Å². The maximum absolute atomic E-state index is 11.8. The molecule has 2 heterocycles. The molecule has 3 N–H and O–H groups in total. The monoisotopic (exact) mass is 237 g/mol. The van der Waals surface area contributed by atoms with Crippen LogP contribution < -0.4 is 17.0 Å². The standard InChI is InChI=1S/C10H15N5O2/c1-5(2)4-15-6-7(12-9(15)11)14(3)10(17)13-8(6)16/h5H,4H2,1-3H3,(H2,11,12)(H,13,16,17). The van der Waals surface area contributed by atoms with Crippen LogP contribution in [0.2, 0.25) is 0 Å². The topological polar surface area (TPSA) is 98.7 Å². The third-order valence-electron chi connectivity index (χ3n) is 2.58. The maximum atomic E-state index is 11.8. The lowest BCUT2D eigenvalue weighted by Gasteiger charge is -2.08. The van der Waals surface area contributed by atoms with Gasteiger partial charge < -0.3 is 10.3 Å². The number of aryl methyl sites for hydroxylation is 1. The van der Waals surface area contributed by atoms with Crippen molar-refractivity contribution in [2.45, 2.75) is 20.4 Å². The van der Waals surface area contributed by atoms with Crippen molar-refractivity contribution < 1.29 is 0 Å². The summed E-state index contributed by atoms with van der Waals surface area (Å²) in [5.41, 5.74) is 5.50. The first-order chi connectivity index (χ1) is 7.91. The van der Waals surface area contributed by atoms with Crippen LogP contribution in [0.4, 0.5) is 5.95 Å². The quantitative estimate of drug-likeness (QED) is 0.746. The summed E-state index contributed by atoms with van der Waals surface area (Å²) in [6.45, 7) is 4.62. The van der Waals surface area contributed by atoms with Gasteiger partial charge in [0, 0.05) is 13.6 Å². The van der Waals surface area contributed by atoms with Crippen molar-refractivity contribution in [2.75, 3.05) is 5.73 Å². The Morgan fingerprint density at radius 1 is 1.41 bits per heavy atom. The predicted molar refractivity (Wildman–Crippen MR) is 64.8 cm³/mol. The molecule has 2 aromatic heterocycles. The van der Waals surface area contributed by atoms with E-state index in [-0.39, 0.29) is 5.95 Å². The Hall–Kier alpha value is -2.05. The maximum Gasteiger partial charge on any atom is 0.329 e. The van der Waals surface area contributed by atoms with E-state index in [2.05, 4.69) is 9.97 Å². The molecule has 0 aliphatic heterocycles. The summed E-state index contributed by atoms with van der Waals surface area (Å²) in [7, 11) is 1.55. The average Bonchev–Trinajstić information content (AvgIpc) is 2.53. The molecule has 17 heavy (non-hydrogen) atoms. The van der Waals surface area contributed by atoms with E-state index in [0.29, 0.717) is 23.6 Å². The Kier molecular flexibility index (Phi) is 2.53. The number of aromatic amines is 1. The molecule has 7 nitrogen and oxygen atoms in total. The van der Waals surface area contributed by atoms with Gasteiger partial charge in [-0.2, -0.15) is 4.98 Å². The molecule has 0 aromatic carbocycles. The van der Waals surface area contributed by atoms with Crippen LogP contribution >= 0.6 is 0 Å². The van der Waals surface area contributed by atoms with Crippen LogP contribution in [0.1, 0.15) is 13.8 Å². The molecule has 0 spiro atoms. The molecule has 0 radical (unpaired) electrons. The minimum Gasteiger partial charge on any atom is -0.369 e. The van der Waals surface area contributed by atoms with E-state index in [4.69, 9.17) is 5.73 Å². The Morgan fingerprint density at radius 3 is 2.65 bits per heavy atom. The highest BCUT2D eigenvalue weighted by atomic mass is 16.2. The van der Waals surface area contributed by atoms with Crippen LogP contribution in [0.3, 0.4) is 0 Å². The van der Waals surface area contributed by atoms with Crippen LogP contribution in [0.25, 0.3) is 11.2 Å². The van der Waals surface area contributed by atoms with Crippen molar-refractivity contribution in [3.8, 4) is 0 Å². The van der Waals surface area contributed by atoms with Crippen LogP contribution in [0.5, 0.6) is 0 Å². The highest BCUT2D eigenvalue weighted by molar-refractivity contribution is 5.73. The van der Waals surface area contributed by atoms with Gasteiger partial charge in [0.1, 0.15) is 0 Å². The number of fused-ring (bicyclic) bond motifs is 1. The number of aromatic nitrogens is 4. The van der Waals surface area contributed by atoms with Crippen molar-refractivity contribution in [3.63, 3.8) is 0 Å². The van der Waals surface area contributed by atoms with Gasteiger partial charge in [0.05, 0.1) is 0 Å². The summed E-state index contributed by atoms with van der Waals surface area (Å²) >= 11 is 0. The molecule has 2 aromatic rings. The number of anilines is 1. The molecular formula is C10H15N5O2. The van der Waals surface area contributed by atoms with E-state index in [9.17, 15) is 9.59 Å². The first kappa shape index (κ1) is 11.4. The Balaban J connectivity index is 2.87. The number of rotatable bonds is 2. The van der Waals surface area contributed by atoms with E-state index in [1.165, 1.54) is 4.57 Å². The molecular weight excluding hydrogens is 222 g/mol.